The smallest absolute Gasteiger partial charge is 0.0615 e. The van der Waals surface area contributed by atoms with E-state index in [-0.39, 0.29) is 12.0 Å². The van der Waals surface area contributed by atoms with E-state index in [0.717, 1.165) is 17.3 Å². The Kier molecular flexibility index (Phi) is 3.60. The molecule has 0 amide bonds. The van der Waals surface area contributed by atoms with Gasteiger partial charge in [0.1, 0.15) is 0 Å². The minimum absolute atomic E-state index is 0.197. The lowest BCUT2D eigenvalue weighted by Crippen LogP contribution is -2.33. The molecule has 1 aliphatic rings. The predicted molar refractivity (Wildman–Crippen MR) is 60.7 cm³/mol. The molecule has 2 atom stereocenters. The average Bonchev–Trinajstić information content (AvgIpc) is 2.56. The van der Waals surface area contributed by atoms with E-state index >= 15 is 0 Å². The van der Waals surface area contributed by atoms with Crippen molar-refractivity contribution in [1.29, 1.82) is 0 Å². The van der Waals surface area contributed by atoms with Crippen LogP contribution in [0.15, 0.2) is 15.9 Å². The molecule has 1 aromatic heterocycles. The Bertz CT molecular complexity index is 300. The monoisotopic (exact) mass is 276 g/mol. The highest BCUT2D eigenvalue weighted by Crippen LogP contribution is 2.28. The molecule has 1 saturated heterocycles. The zero-order chi connectivity index (χ0) is 9.97. The van der Waals surface area contributed by atoms with Gasteiger partial charge >= 0.3 is 0 Å². The molecule has 2 heterocycles. The summed E-state index contributed by atoms with van der Waals surface area (Å²) in [5.74, 6) is 0.263. The van der Waals surface area contributed by atoms with Gasteiger partial charge in [0.15, 0.2) is 0 Å². The average molecular weight is 277 g/mol. The third-order valence-electron chi connectivity index (χ3n) is 2.57. The first-order chi connectivity index (χ1) is 6.77. The molecule has 2 rings (SSSR count). The van der Waals surface area contributed by atoms with Crippen LogP contribution in [0, 0.1) is 5.92 Å². The molecule has 0 bridgehead atoms. The number of hydrogen-bond acceptors (Lipinski definition) is 3. The molecule has 78 valence electrons. The molecular weight excluding hydrogens is 264 g/mol. The van der Waals surface area contributed by atoms with Crippen molar-refractivity contribution in [2.45, 2.75) is 18.9 Å². The molecule has 1 aromatic rings. The number of thiophene rings is 1. The maximum atomic E-state index is 9.77. The van der Waals surface area contributed by atoms with E-state index in [9.17, 15) is 5.11 Å². The van der Waals surface area contributed by atoms with Crippen molar-refractivity contribution in [3.8, 4) is 0 Å². The summed E-state index contributed by atoms with van der Waals surface area (Å²) in [6, 6.07) is 2.05. The maximum absolute atomic E-state index is 9.77. The van der Waals surface area contributed by atoms with E-state index in [2.05, 4.69) is 27.4 Å². The van der Waals surface area contributed by atoms with Gasteiger partial charge in [-0.3, -0.25) is 0 Å². The number of hydrogen-bond donors (Lipinski definition) is 1. The lowest BCUT2D eigenvalue weighted by atomic mass is 9.95. The van der Waals surface area contributed by atoms with Gasteiger partial charge in [-0.2, -0.15) is 0 Å². The summed E-state index contributed by atoms with van der Waals surface area (Å²) in [5.41, 5.74) is 0. The highest BCUT2D eigenvalue weighted by molar-refractivity contribution is 9.10. The Balaban J connectivity index is 1.99. The van der Waals surface area contributed by atoms with Crippen LogP contribution in [0.2, 0.25) is 0 Å². The van der Waals surface area contributed by atoms with E-state index in [1.807, 2.05) is 0 Å². The van der Waals surface area contributed by atoms with Crippen LogP contribution in [-0.2, 0) is 11.2 Å². The molecule has 2 unspecified atom stereocenters. The standard InChI is InChI=1S/C10H13BrO2S/c11-8-2-4-14-10(8)5-7-6-13-3-1-9(7)12/h2,4,7,9,12H,1,3,5-6H2. The maximum Gasteiger partial charge on any atom is 0.0615 e. The van der Waals surface area contributed by atoms with Gasteiger partial charge < -0.3 is 9.84 Å². The lowest BCUT2D eigenvalue weighted by Gasteiger charge is -2.27. The van der Waals surface area contributed by atoms with Gasteiger partial charge in [0, 0.05) is 21.9 Å². The second-order valence-corrected chi connectivity index (χ2v) is 5.44. The largest absolute Gasteiger partial charge is 0.393 e. The Hall–Kier alpha value is 0.100. The zero-order valence-corrected chi connectivity index (χ0v) is 10.2. The number of rotatable bonds is 2. The summed E-state index contributed by atoms with van der Waals surface area (Å²) >= 11 is 5.23. The van der Waals surface area contributed by atoms with Crippen molar-refractivity contribution in [3.05, 3.63) is 20.8 Å². The van der Waals surface area contributed by atoms with Crippen LogP contribution in [0.25, 0.3) is 0 Å². The first kappa shape index (κ1) is 10.6. The third kappa shape index (κ3) is 2.37. The molecule has 0 saturated carbocycles. The van der Waals surface area contributed by atoms with E-state index in [1.165, 1.54) is 4.88 Å². The first-order valence-corrected chi connectivity index (χ1v) is 6.42. The van der Waals surface area contributed by atoms with Crippen LogP contribution in [0.4, 0.5) is 0 Å². The van der Waals surface area contributed by atoms with E-state index in [1.54, 1.807) is 11.3 Å². The van der Waals surface area contributed by atoms with Crippen LogP contribution in [0.5, 0.6) is 0 Å². The fourth-order valence-electron chi connectivity index (χ4n) is 1.69. The quantitative estimate of drug-likeness (QED) is 0.899. The summed E-state index contributed by atoms with van der Waals surface area (Å²) < 4.78 is 6.52. The summed E-state index contributed by atoms with van der Waals surface area (Å²) in [6.45, 7) is 1.38. The van der Waals surface area contributed by atoms with Crippen molar-refractivity contribution < 1.29 is 9.84 Å². The highest BCUT2D eigenvalue weighted by Gasteiger charge is 2.24. The summed E-state index contributed by atoms with van der Waals surface area (Å²) in [4.78, 5) is 1.31. The van der Waals surface area contributed by atoms with Gasteiger partial charge in [-0.1, -0.05) is 0 Å². The number of aliphatic hydroxyl groups is 1. The van der Waals surface area contributed by atoms with E-state index < -0.39 is 0 Å². The van der Waals surface area contributed by atoms with Gasteiger partial charge in [-0.15, -0.1) is 11.3 Å². The van der Waals surface area contributed by atoms with Crippen LogP contribution < -0.4 is 0 Å². The molecule has 1 fully saturated rings. The number of aliphatic hydroxyl groups excluding tert-OH is 1. The SMILES string of the molecule is OC1CCOCC1Cc1sccc1Br. The number of ether oxygens (including phenoxy) is 1. The van der Waals surface area contributed by atoms with Gasteiger partial charge in [-0.05, 0) is 40.2 Å². The van der Waals surface area contributed by atoms with Gasteiger partial charge in [0.2, 0.25) is 0 Å². The van der Waals surface area contributed by atoms with Crippen molar-refractivity contribution in [2.24, 2.45) is 5.92 Å². The molecule has 14 heavy (non-hydrogen) atoms. The fourth-order valence-corrected chi connectivity index (χ4v) is 3.30. The van der Waals surface area contributed by atoms with Crippen molar-refractivity contribution in [1.82, 2.24) is 0 Å². The van der Waals surface area contributed by atoms with Crippen molar-refractivity contribution in [2.75, 3.05) is 13.2 Å². The van der Waals surface area contributed by atoms with Gasteiger partial charge in [-0.25, -0.2) is 0 Å². The zero-order valence-electron chi connectivity index (χ0n) is 7.78. The second-order valence-electron chi connectivity index (χ2n) is 3.59. The first-order valence-electron chi connectivity index (χ1n) is 4.75. The lowest BCUT2D eigenvalue weighted by molar-refractivity contribution is -0.0348. The predicted octanol–water partition coefficient (Wildman–Crippen LogP) is 2.45. The van der Waals surface area contributed by atoms with Crippen LogP contribution in [-0.4, -0.2) is 24.4 Å². The van der Waals surface area contributed by atoms with Gasteiger partial charge in [0.05, 0.1) is 12.7 Å². The van der Waals surface area contributed by atoms with Crippen molar-refractivity contribution in [3.63, 3.8) is 0 Å². The van der Waals surface area contributed by atoms with E-state index in [4.69, 9.17) is 4.74 Å². The molecule has 0 radical (unpaired) electrons. The molecular formula is C10H13BrO2S. The molecule has 0 aromatic carbocycles. The third-order valence-corrected chi connectivity index (χ3v) is 4.52. The topological polar surface area (TPSA) is 29.5 Å². The normalized spacial score (nSPS) is 27.9. The minimum atomic E-state index is -0.197. The van der Waals surface area contributed by atoms with Gasteiger partial charge in [0.25, 0.3) is 0 Å². The molecule has 1 aliphatic heterocycles. The second kappa shape index (κ2) is 4.75. The summed E-state index contributed by atoms with van der Waals surface area (Å²) in [6.07, 6.45) is 1.49. The Morgan fingerprint density at radius 1 is 1.64 bits per heavy atom. The Labute approximate surface area is 96.0 Å². The van der Waals surface area contributed by atoms with Crippen LogP contribution in [0.3, 0.4) is 0 Å². The molecule has 2 nitrogen and oxygen atoms in total. The molecule has 4 heteroatoms. The molecule has 0 aliphatic carbocycles. The van der Waals surface area contributed by atoms with Crippen molar-refractivity contribution >= 4 is 27.3 Å². The van der Waals surface area contributed by atoms with Crippen LogP contribution >= 0.6 is 27.3 Å². The molecule has 1 N–H and O–H groups in total. The van der Waals surface area contributed by atoms with E-state index in [0.29, 0.717) is 13.2 Å². The number of halogens is 1. The Morgan fingerprint density at radius 2 is 2.50 bits per heavy atom. The molecule has 0 spiro atoms. The van der Waals surface area contributed by atoms with Crippen LogP contribution in [0.1, 0.15) is 11.3 Å². The fraction of sp³-hybridized carbons (Fsp3) is 0.600. The highest BCUT2D eigenvalue weighted by atomic mass is 79.9. The summed E-state index contributed by atoms with van der Waals surface area (Å²) in [5, 5.41) is 11.8. The minimum Gasteiger partial charge on any atom is -0.393 e. The summed E-state index contributed by atoms with van der Waals surface area (Å²) in [7, 11) is 0. The Morgan fingerprint density at radius 3 is 3.14 bits per heavy atom.